The van der Waals surface area contributed by atoms with Gasteiger partial charge in [-0.15, -0.1) is 0 Å². The van der Waals surface area contributed by atoms with E-state index in [0.29, 0.717) is 6.04 Å². The van der Waals surface area contributed by atoms with Gasteiger partial charge in [0.05, 0.1) is 6.61 Å². The van der Waals surface area contributed by atoms with Crippen LogP contribution in [-0.4, -0.2) is 73.9 Å². The van der Waals surface area contributed by atoms with E-state index >= 15 is 0 Å². The first-order valence-corrected chi connectivity index (χ1v) is 6.40. The second kappa shape index (κ2) is 7.22. The van der Waals surface area contributed by atoms with Crippen molar-refractivity contribution in [1.29, 1.82) is 0 Å². The van der Waals surface area contributed by atoms with Crippen molar-refractivity contribution in [3.8, 4) is 0 Å². The summed E-state index contributed by atoms with van der Waals surface area (Å²) in [7, 11) is 4.31. The smallest absolute Gasteiger partial charge is 0.0597 e. The Kier molecular flexibility index (Phi) is 6.28. The molecule has 0 aromatic rings. The molecule has 0 aliphatic carbocycles. The fraction of sp³-hybridized carbons (Fsp3) is 1.00. The molecular formula is C12H27N3O. The lowest BCUT2D eigenvalue weighted by molar-refractivity contribution is 0.111. The summed E-state index contributed by atoms with van der Waals surface area (Å²) in [6, 6.07) is 0.903. The number of nitrogens with zero attached hydrogens (tertiary/aromatic N) is 2. The average Bonchev–Trinajstić information content (AvgIpc) is 2.29. The van der Waals surface area contributed by atoms with Gasteiger partial charge in [-0.3, -0.25) is 0 Å². The average molecular weight is 229 g/mol. The summed E-state index contributed by atoms with van der Waals surface area (Å²) in [6.07, 6.45) is 2.57. The van der Waals surface area contributed by atoms with Crippen LogP contribution in [0.3, 0.4) is 0 Å². The molecule has 0 radical (unpaired) electrons. The van der Waals surface area contributed by atoms with Crippen molar-refractivity contribution in [2.45, 2.75) is 31.8 Å². The number of likely N-dealkylation sites (N-methyl/N-ethyl adjacent to an activating group) is 2. The van der Waals surface area contributed by atoms with E-state index in [9.17, 15) is 5.11 Å². The molecule has 16 heavy (non-hydrogen) atoms. The van der Waals surface area contributed by atoms with Gasteiger partial charge in [0.25, 0.3) is 0 Å². The maximum absolute atomic E-state index is 9.26. The van der Waals surface area contributed by atoms with Gasteiger partial charge in [-0.2, -0.15) is 0 Å². The fourth-order valence-corrected chi connectivity index (χ4v) is 2.41. The fourth-order valence-electron chi connectivity index (χ4n) is 2.41. The molecule has 1 rings (SSSR count). The highest BCUT2D eigenvalue weighted by molar-refractivity contribution is 4.80. The number of hydrogen-bond acceptors (Lipinski definition) is 4. The predicted octanol–water partition coefficient (Wildman–Crippen LogP) is -0.0172. The molecule has 1 heterocycles. The van der Waals surface area contributed by atoms with Gasteiger partial charge in [0, 0.05) is 25.2 Å². The minimum absolute atomic E-state index is 0.228. The van der Waals surface area contributed by atoms with E-state index in [-0.39, 0.29) is 12.6 Å². The van der Waals surface area contributed by atoms with Gasteiger partial charge in [-0.25, -0.2) is 0 Å². The number of rotatable bonds is 6. The van der Waals surface area contributed by atoms with Crippen LogP contribution in [0.4, 0.5) is 0 Å². The molecule has 1 aliphatic heterocycles. The molecular weight excluding hydrogens is 202 g/mol. The third-order valence-corrected chi connectivity index (χ3v) is 3.40. The van der Waals surface area contributed by atoms with Crippen LogP contribution in [0, 0.1) is 0 Å². The van der Waals surface area contributed by atoms with Crippen molar-refractivity contribution in [3.63, 3.8) is 0 Å². The molecule has 1 aliphatic rings. The summed E-state index contributed by atoms with van der Waals surface area (Å²) in [4.78, 5) is 4.78. The maximum Gasteiger partial charge on any atom is 0.0597 e. The van der Waals surface area contributed by atoms with E-state index in [2.05, 4.69) is 36.1 Å². The summed E-state index contributed by atoms with van der Waals surface area (Å²) in [6.45, 7) is 6.52. The molecule has 2 atom stereocenters. The van der Waals surface area contributed by atoms with Crippen molar-refractivity contribution in [1.82, 2.24) is 15.1 Å². The maximum atomic E-state index is 9.26. The lowest BCUT2D eigenvalue weighted by atomic mass is 10.0. The molecule has 0 amide bonds. The van der Waals surface area contributed by atoms with E-state index in [4.69, 9.17) is 0 Å². The number of hydrogen-bond donors (Lipinski definition) is 2. The Morgan fingerprint density at radius 1 is 1.50 bits per heavy atom. The largest absolute Gasteiger partial charge is 0.395 e. The van der Waals surface area contributed by atoms with Gasteiger partial charge in [0.15, 0.2) is 0 Å². The first-order chi connectivity index (χ1) is 7.67. The van der Waals surface area contributed by atoms with Crippen LogP contribution < -0.4 is 5.32 Å². The van der Waals surface area contributed by atoms with E-state index in [1.165, 1.54) is 19.4 Å². The lowest BCUT2D eigenvalue weighted by Gasteiger charge is -2.37. The summed E-state index contributed by atoms with van der Waals surface area (Å²) in [5.74, 6) is 0. The zero-order chi connectivity index (χ0) is 12.0. The molecule has 0 spiro atoms. The van der Waals surface area contributed by atoms with Gasteiger partial charge >= 0.3 is 0 Å². The Hall–Kier alpha value is -0.160. The zero-order valence-electron chi connectivity index (χ0n) is 10.9. The van der Waals surface area contributed by atoms with Crippen LogP contribution >= 0.6 is 0 Å². The molecule has 0 aromatic carbocycles. The summed E-state index contributed by atoms with van der Waals surface area (Å²) in [5, 5.41) is 12.6. The van der Waals surface area contributed by atoms with Gasteiger partial charge in [-0.1, -0.05) is 6.92 Å². The molecule has 0 aromatic heterocycles. The van der Waals surface area contributed by atoms with Crippen LogP contribution in [0.5, 0.6) is 0 Å². The Morgan fingerprint density at radius 3 is 2.81 bits per heavy atom. The Balaban J connectivity index is 2.35. The lowest BCUT2D eigenvalue weighted by Crippen LogP contribution is -2.50. The highest BCUT2D eigenvalue weighted by Crippen LogP contribution is 2.13. The van der Waals surface area contributed by atoms with E-state index in [1.807, 2.05) is 0 Å². The summed E-state index contributed by atoms with van der Waals surface area (Å²) >= 11 is 0. The molecule has 0 bridgehead atoms. The Bertz CT molecular complexity index is 187. The minimum Gasteiger partial charge on any atom is -0.395 e. The predicted molar refractivity (Wildman–Crippen MR) is 67.7 cm³/mol. The second-order valence-corrected chi connectivity index (χ2v) is 4.96. The Labute approximate surface area is 99.6 Å². The Morgan fingerprint density at radius 2 is 2.25 bits per heavy atom. The van der Waals surface area contributed by atoms with E-state index < -0.39 is 0 Å². The highest BCUT2D eigenvalue weighted by atomic mass is 16.3. The molecule has 2 unspecified atom stereocenters. The molecule has 1 fully saturated rings. The molecule has 96 valence electrons. The first kappa shape index (κ1) is 13.9. The SMILES string of the molecule is CCNC(CO)CN1CCCC(N(C)C)C1. The van der Waals surface area contributed by atoms with Gasteiger partial charge in [0.2, 0.25) is 0 Å². The highest BCUT2D eigenvalue weighted by Gasteiger charge is 2.22. The number of piperidine rings is 1. The quantitative estimate of drug-likeness (QED) is 0.671. The van der Waals surface area contributed by atoms with Crippen LogP contribution in [-0.2, 0) is 0 Å². The standard InChI is InChI=1S/C12H27N3O/c1-4-13-11(10-16)8-15-7-5-6-12(9-15)14(2)3/h11-13,16H,4-10H2,1-3H3. The van der Waals surface area contributed by atoms with Crippen LogP contribution in [0.2, 0.25) is 0 Å². The van der Waals surface area contributed by atoms with Crippen LogP contribution in [0.15, 0.2) is 0 Å². The monoisotopic (exact) mass is 229 g/mol. The normalized spacial score (nSPS) is 24.9. The number of aliphatic hydroxyl groups is 1. The van der Waals surface area contributed by atoms with Crippen LogP contribution in [0.25, 0.3) is 0 Å². The topological polar surface area (TPSA) is 38.7 Å². The molecule has 4 nitrogen and oxygen atoms in total. The van der Waals surface area contributed by atoms with Crippen molar-refractivity contribution in [3.05, 3.63) is 0 Å². The second-order valence-electron chi connectivity index (χ2n) is 4.96. The van der Waals surface area contributed by atoms with E-state index in [0.717, 1.165) is 19.6 Å². The van der Waals surface area contributed by atoms with E-state index in [1.54, 1.807) is 0 Å². The van der Waals surface area contributed by atoms with Gasteiger partial charge in [0.1, 0.15) is 0 Å². The third-order valence-electron chi connectivity index (χ3n) is 3.40. The number of aliphatic hydroxyl groups excluding tert-OH is 1. The van der Waals surface area contributed by atoms with Crippen molar-refractivity contribution in [2.24, 2.45) is 0 Å². The number of nitrogens with one attached hydrogen (secondary N) is 1. The zero-order valence-corrected chi connectivity index (χ0v) is 10.9. The molecule has 1 saturated heterocycles. The van der Waals surface area contributed by atoms with Crippen molar-refractivity contribution >= 4 is 0 Å². The summed E-state index contributed by atoms with van der Waals surface area (Å²) in [5.41, 5.74) is 0. The third kappa shape index (κ3) is 4.37. The van der Waals surface area contributed by atoms with Crippen LogP contribution in [0.1, 0.15) is 19.8 Å². The molecule has 4 heteroatoms. The van der Waals surface area contributed by atoms with Gasteiger partial charge in [-0.05, 0) is 40.0 Å². The molecule has 0 saturated carbocycles. The van der Waals surface area contributed by atoms with Gasteiger partial charge < -0.3 is 20.2 Å². The first-order valence-electron chi connectivity index (χ1n) is 6.40. The summed E-state index contributed by atoms with van der Waals surface area (Å²) < 4.78 is 0. The minimum atomic E-state index is 0.228. The van der Waals surface area contributed by atoms with Crippen molar-refractivity contribution < 1.29 is 5.11 Å². The van der Waals surface area contributed by atoms with Crippen molar-refractivity contribution in [2.75, 3.05) is 46.9 Å². The number of likely N-dealkylation sites (tertiary alicyclic amines) is 1. The molecule has 2 N–H and O–H groups in total.